The molecule has 20 heavy (non-hydrogen) atoms. The Kier molecular flexibility index (Phi) is 5.25. The van der Waals surface area contributed by atoms with Crippen molar-refractivity contribution >= 4 is 16.0 Å². The summed E-state index contributed by atoms with van der Waals surface area (Å²) < 4.78 is 25.3. The summed E-state index contributed by atoms with van der Waals surface area (Å²) in [6, 6.07) is 7.72. The van der Waals surface area contributed by atoms with Gasteiger partial charge in [-0.15, -0.1) is 0 Å². The van der Waals surface area contributed by atoms with Crippen molar-refractivity contribution in [2.45, 2.75) is 25.1 Å². The van der Waals surface area contributed by atoms with Crippen LogP contribution in [0.1, 0.15) is 29.3 Å². The average molecular weight is 296 g/mol. The molecule has 0 aliphatic rings. The molecule has 0 heterocycles. The Bertz CT molecular complexity index is 617. The SMILES string of the molecule is CCC(C#N)S(=O)(=O)N(C)Cc1ccc(C(=O)O)cc1. The van der Waals surface area contributed by atoms with Gasteiger partial charge >= 0.3 is 5.97 Å². The van der Waals surface area contributed by atoms with E-state index in [1.807, 2.05) is 0 Å². The van der Waals surface area contributed by atoms with Gasteiger partial charge in [0.2, 0.25) is 10.0 Å². The number of nitriles is 1. The van der Waals surface area contributed by atoms with E-state index in [2.05, 4.69) is 0 Å². The Hall–Kier alpha value is -1.91. The molecule has 1 N–H and O–H groups in total. The average Bonchev–Trinajstić information content (AvgIpc) is 2.40. The van der Waals surface area contributed by atoms with Crippen LogP contribution in [0.2, 0.25) is 0 Å². The van der Waals surface area contributed by atoms with Crippen LogP contribution in [0, 0.1) is 11.3 Å². The molecule has 0 aliphatic heterocycles. The van der Waals surface area contributed by atoms with Crippen LogP contribution in [-0.4, -0.2) is 36.1 Å². The highest BCUT2D eigenvalue weighted by Gasteiger charge is 2.28. The number of aromatic carboxylic acids is 1. The molecular formula is C13H16N2O4S. The highest BCUT2D eigenvalue weighted by Crippen LogP contribution is 2.14. The Morgan fingerprint density at radius 3 is 2.35 bits per heavy atom. The van der Waals surface area contributed by atoms with Gasteiger partial charge in [-0.3, -0.25) is 0 Å². The zero-order valence-corrected chi connectivity index (χ0v) is 12.1. The third-order valence-corrected chi connectivity index (χ3v) is 5.07. The molecule has 0 aromatic heterocycles. The first kappa shape index (κ1) is 16.1. The highest BCUT2D eigenvalue weighted by molar-refractivity contribution is 7.89. The Labute approximate surface area is 118 Å². The van der Waals surface area contributed by atoms with Crippen LogP contribution >= 0.6 is 0 Å². The third-order valence-electron chi connectivity index (χ3n) is 2.91. The van der Waals surface area contributed by atoms with Gasteiger partial charge in [-0.2, -0.15) is 9.57 Å². The lowest BCUT2D eigenvalue weighted by atomic mass is 10.1. The van der Waals surface area contributed by atoms with Crippen molar-refractivity contribution in [1.82, 2.24) is 4.31 Å². The maximum absolute atomic E-state index is 12.1. The van der Waals surface area contributed by atoms with Crippen LogP contribution in [0.25, 0.3) is 0 Å². The maximum Gasteiger partial charge on any atom is 0.335 e. The molecule has 1 aromatic rings. The molecule has 1 rings (SSSR count). The summed E-state index contributed by atoms with van der Waals surface area (Å²) in [6.07, 6.45) is 0.223. The second-order valence-electron chi connectivity index (χ2n) is 4.33. The number of benzene rings is 1. The molecule has 1 unspecified atom stereocenters. The summed E-state index contributed by atoms with van der Waals surface area (Å²) in [6.45, 7) is 1.74. The van der Waals surface area contributed by atoms with Crippen LogP contribution in [0.3, 0.4) is 0 Å². The van der Waals surface area contributed by atoms with Gasteiger partial charge in [0.1, 0.15) is 0 Å². The lowest BCUT2D eigenvalue weighted by Gasteiger charge is -2.19. The van der Waals surface area contributed by atoms with Crippen molar-refractivity contribution in [1.29, 1.82) is 5.26 Å². The predicted molar refractivity (Wildman–Crippen MR) is 73.5 cm³/mol. The van der Waals surface area contributed by atoms with Crippen LogP contribution in [0.5, 0.6) is 0 Å². The summed E-state index contributed by atoms with van der Waals surface area (Å²) in [5.74, 6) is -1.03. The van der Waals surface area contributed by atoms with Gasteiger partial charge in [0.15, 0.2) is 5.25 Å². The number of carboxylic acids is 1. The topological polar surface area (TPSA) is 98.5 Å². The van der Waals surface area contributed by atoms with Crippen LogP contribution in [0.15, 0.2) is 24.3 Å². The second kappa shape index (κ2) is 6.50. The highest BCUT2D eigenvalue weighted by atomic mass is 32.2. The number of nitrogens with zero attached hydrogens (tertiary/aromatic N) is 2. The van der Waals surface area contributed by atoms with Crippen LogP contribution in [-0.2, 0) is 16.6 Å². The largest absolute Gasteiger partial charge is 0.478 e. The Balaban J connectivity index is 2.88. The van der Waals surface area contributed by atoms with E-state index in [-0.39, 0.29) is 18.5 Å². The van der Waals surface area contributed by atoms with Gasteiger partial charge in [-0.25, -0.2) is 13.2 Å². The molecule has 108 valence electrons. The van der Waals surface area contributed by atoms with Crippen molar-refractivity contribution in [3.05, 3.63) is 35.4 Å². The molecule has 0 radical (unpaired) electrons. The number of carbonyl (C=O) groups is 1. The van der Waals surface area contributed by atoms with E-state index in [1.54, 1.807) is 25.1 Å². The number of hydrogen-bond donors (Lipinski definition) is 1. The zero-order valence-electron chi connectivity index (χ0n) is 11.3. The smallest absolute Gasteiger partial charge is 0.335 e. The van der Waals surface area contributed by atoms with Gasteiger partial charge in [0, 0.05) is 13.6 Å². The molecule has 0 amide bonds. The summed E-state index contributed by atoms with van der Waals surface area (Å²) in [4.78, 5) is 10.7. The monoisotopic (exact) mass is 296 g/mol. The predicted octanol–water partition coefficient (Wildman–Crippen LogP) is 1.45. The number of carboxylic acid groups (broad SMARTS) is 1. The van der Waals surface area contributed by atoms with E-state index in [4.69, 9.17) is 10.4 Å². The summed E-state index contributed by atoms with van der Waals surface area (Å²) in [5, 5.41) is 16.6. The normalized spacial score (nSPS) is 12.9. The molecule has 0 aliphatic carbocycles. The minimum atomic E-state index is -3.67. The molecule has 0 fully saturated rings. The van der Waals surface area contributed by atoms with E-state index in [1.165, 1.54) is 19.2 Å². The zero-order chi connectivity index (χ0) is 15.3. The third kappa shape index (κ3) is 3.56. The molecule has 0 saturated heterocycles. The molecule has 1 atom stereocenters. The number of hydrogen-bond acceptors (Lipinski definition) is 4. The van der Waals surface area contributed by atoms with E-state index in [0.717, 1.165) is 4.31 Å². The fourth-order valence-corrected chi connectivity index (χ4v) is 3.00. The first-order valence-electron chi connectivity index (χ1n) is 6.00. The van der Waals surface area contributed by atoms with E-state index in [0.29, 0.717) is 5.56 Å². The fourth-order valence-electron chi connectivity index (χ4n) is 1.69. The summed E-state index contributed by atoms with van der Waals surface area (Å²) in [5.41, 5.74) is 0.802. The van der Waals surface area contributed by atoms with E-state index >= 15 is 0 Å². The molecular weight excluding hydrogens is 280 g/mol. The van der Waals surface area contributed by atoms with Crippen LogP contribution in [0.4, 0.5) is 0 Å². The Morgan fingerprint density at radius 1 is 1.40 bits per heavy atom. The van der Waals surface area contributed by atoms with Crippen LogP contribution < -0.4 is 0 Å². The Morgan fingerprint density at radius 2 is 1.95 bits per heavy atom. The van der Waals surface area contributed by atoms with Crippen molar-refractivity contribution in [2.75, 3.05) is 7.05 Å². The van der Waals surface area contributed by atoms with E-state index in [9.17, 15) is 13.2 Å². The molecule has 0 saturated carbocycles. The van der Waals surface area contributed by atoms with Crippen molar-refractivity contribution in [3.63, 3.8) is 0 Å². The summed E-state index contributed by atoms with van der Waals surface area (Å²) in [7, 11) is -2.27. The molecule has 0 spiro atoms. The molecule has 0 bridgehead atoms. The quantitative estimate of drug-likeness (QED) is 0.856. The van der Waals surface area contributed by atoms with Crippen molar-refractivity contribution < 1.29 is 18.3 Å². The van der Waals surface area contributed by atoms with E-state index < -0.39 is 21.2 Å². The summed E-state index contributed by atoms with van der Waals surface area (Å²) >= 11 is 0. The first-order valence-corrected chi connectivity index (χ1v) is 7.50. The van der Waals surface area contributed by atoms with Gasteiger partial charge in [0.25, 0.3) is 0 Å². The van der Waals surface area contributed by atoms with Crippen molar-refractivity contribution in [3.8, 4) is 6.07 Å². The first-order chi connectivity index (χ1) is 9.32. The number of rotatable bonds is 6. The molecule has 1 aromatic carbocycles. The number of sulfonamides is 1. The van der Waals surface area contributed by atoms with Crippen molar-refractivity contribution in [2.24, 2.45) is 0 Å². The lowest BCUT2D eigenvalue weighted by Crippen LogP contribution is -2.34. The minimum absolute atomic E-state index is 0.0976. The maximum atomic E-state index is 12.1. The lowest BCUT2D eigenvalue weighted by molar-refractivity contribution is 0.0697. The minimum Gasteiger partial charge on any atom is -0.478 e. The standard InChI is InChI=1S/C13H16N2O4S/c1-3-12(8-14)20(18,19)15(2)9-10-4-6-11(7-5-10)13(16)17/h4-7,12H,3,9H2,1-2H3,(H,16,17). The van der Waals surface area contributed by atoms with Gasteiger partial charge in [-0.1, -0.05) is 19.1 Å². The van der Waals surface area contributed by atoms with Gasteiger partial charge in [-0.05, 0) is 24.1 Å². The second-order valence-corrected chi connectivity index (χ2v) is 6.55. The van der Waals surface area contributed by atoms with Gasteiger partial charge < -0.3 is 5.11 Å². The molecule has 7 heteroatoms. The van der Waals surface area contributed by atoms with Gasteiger partial charge in [0.05, 0.1) is 11.6 Å². The molecule has 6 nitrogen and oxygen atoms in total. The fraction of sp³-hybridized carbons (Fsp3) is 0.385.